The molecule has 118 valence electrons. The van der Waals surface area contributed by atoms with Gasteiger partial charge in [-0.25, -0.2) is 4.79 Å². The molecule has 1 unspecified atom stereocenters. The lowest BCUT2D eigenvalue weighted by atomic mass is 9.80. The number of carboxylic acid groups (broad SMARTS) is 1. The summed E-state index contributed by atoms with van der Waals surface area (Å²) in [5.74, 6) is -1.06. The average Bonchev–Trinajstić information content (AvgIpc) is 2.71. The van der Waals surface area contributed by atoms with Crippen LogP contribution in [0.1, 0.15) is 45.4 Å². The van der Waals surface area contributed by atoms with Gasteiger partial charge >= 0.3 is 12.0 Å². The molecule has 0 aromatic heterocycles. The molecule has 6 heteroatoms. The first-order valence-corrected chi connectivity index (χ1v) is 7.53. The first-order valence-electron chi connectivity index (χ1n) is 7.53. The summed E-state index contributed by atoms with van der Waals surface area (Å²) in [5.41, 5.74) is -0.839. The number of nitriles is 1. The van der Waals surface area contributed by atoms with Gasteiger partial charge in [0, 0.05) is 20.1 Å². The van der Waals surface area contributed by atoms with Crippen LogP contribution in [0.3, 0.4) is 0 Å². The van der Waals surface area contributed by atoms with Gasteiger partial charge in [-0.3, -0.25) is 4.79 Å². The SMILES string of the molecule is CC(C#N)CN(C)C(=O)NCC1(C(=O)O)CCCCCC1. The summed E-state index contributed by atoms with van der Waals surface area (Å²) < 4.78 is 0. The van der Waals surface area contributed by atoms with E-state index in [-0.39, 0.29) is 18.5 Å². The lowest BCUT2D eigenvalue weighted by Gasteiger charge is -2.29. The van der Waals surface area contributed by atoms with Gasteiger partial charge in [0.15, 0.2) is 0 Å². The van der Waals surface area contributed by atoms with Crippen LogP contribution in [0.4, 0.5) is 4.79 Å². The van der Waals surface area contributed by atoms with Crippen molar-refractivity contribution in [3.8, 4) is 6.07 Å². The van der Waals surface area contributed by atoms with Crippen LogP contribution >= 0.6 is 0 Å². The number of nitrogens with one attached hydrogen (secondary N) is 1. The molecule has 21 heavy (non-hydrogen) atoms. The van der Waals surface area contributed by atoms with Crippen LogP contribution in [-0.2, 0) is 4.79 Å². The van der Waals surface area contributed by atoms with E-state index in [9.17, 15) is 14.7 Å². The minimum atomic E-state index is -0.839. The predicted molar refractivity (Wildman–Crippen MR) is 78.6 cm³/mol. The van der Waals surface area contributed by atoms with Gasteiger partial charge in [0.05, 0.1) is 17.4 Å². The van der Waals surface area contributed by atoms with E-state index < -0.39 is 11.4 Å². The average molecular weight is 295 g/mol. The van der Waals surface area contributed by atoms with Gasteiger partial charge in [0.1, 0.15) is 0 Å². The monoisotopic (exact) mass is 295 g/mol. The van der Waals surface area contributed by atoms with E-state index in [0.717, 1.165) is 25.7 Å². The molecule has 0 aromatic carbocycles. The van der Waals surface area contributed by atoms with Crippen molar-refractivity contribution in [1.82, 2.24) is 10.2 Å². The maximum Gasteiger partial charge on any atom is 0.317 e. The molecule has 6 nitrogen and oxygen atoms in total. The fraction of sp³-hybridized carbons (Fsp3) is 0.800. The van der Waals surface area contributed by atoms with Crippen molar-refractivity contribution in [1.29, 1.82) is 5.26 Å². The molecule has 0 bridgehead atoms. The van der Waals surface area contributed by atoms with Gasteiger partial charge in [-0.05, 0) is 19.8 Å². The van der Waals surface area contributed by atoms with Crippen LogP contribution in [-0.4, -0.2) is 42.1 Å². The molecule has 0 aliphatic heterocycles. The largest absolute Gasteiger partial charge is 0.481 e. The number of hydrogen-bond donors (Lipinski definition) is 2. The van der Waals surface area contributed by atoms with Crippen LogP contribution in [0.15, 0.2) is 0 Å². The summed E-state index contributed by atoms with van der Waals surface area (Å²) in [4.78, 5) is 25.1. The molecule has 1 rings (SSSR count). The van der Waals surface area contributed by atoms with Gasteiger partial charge in [0.25, 0.3) is 0 Å². The number of carbonyl (C=O) groups excluding carboxylic acids is 1. The molecular formula is C15H25N3O3. The lowest BCUT2D eigenvalue weighted by Crippen LogP contribution is -2.47. The summed E-state index contributed by atoms with van der Waals surface area (Å²) in [7, 11) is 1.61. The van der Waals surface area contributed by atoms with Crippen LogP contribution in [0.5, 0.6) is 0 Å². The zero-order chi connectivity index (χ0) is 15.9. The van der Waals surface area contributed by atoms with E-state index in [1.165, 1.54) is 4.90 Å². The minimum absolute atomic E-state index is 0.159. The van der Waals surface area contributed by atoms with Crippen molar-refractivity contribution < 1.29 is 14.7 Å². The number of rotatable bonds is 5. The second-order valence-electron chi connectivity index (χ2n) is 6.07. The normalized spacial score (nSPS) is 18.9. The number of urea groups is 1. The standard InChI is InChI=1S/C15H25N3O3/c1-12(9-16)10-18(2)14(21)17-11-15(13(19)20)7-5-3-4-6-8-15/h12H,3-8,10-11H2,1-2H3,(H,17,21)(H,19,20). The topological polar surface area (TPSA) is 93.4 Å². The Hall–Kier alpha value is -1.77. The van der Waals surface area contributed by atoms with Crippen LogP contribution < -0.4 is 5.32 Å². The highest BCUT2D eigenvalue weighted by Crippen LogP contribution is 2.34. The van der Waals surface area contributed by atoms with Crippen LogP contribution in [0, 0.1) is 22.7 Å². The Morgan fingerprint density at radius 3 is 2.38 bits per heavy atom. The third-order valence-corrected chi connectivity index (χ3v) is 4.21. The van der Waals surface area contributed by atoms with E-state index in [1.807, 2.05) is 0 Å². The molecule has 2 N–H and O–H groups in total. The van der Waals surface area contributed by atoms with E-state index in [1.54, 1.807) is 14.0 Å². The number of amides is 2. The molecule has 1 atom stereocenters. The Bertz CT molecular complexity index is 409. The van der Waals surface area contributed by atoms with Crippen LogP contribution in [0.25, 0.3) is 0 Å². The van der Waals surface area contributed by atoms with Crippen molar-refractivity contribution in [2.45, 2.75) is 45.4 Å². The molecule has 0 spiro atoms. The van der Waals surface area contributed by atoms with Crippen molar-refractivity contribution in [3.63, 3.8) is 0 Å². The van der Waals surface area contributed by atoms with E-state index in [4.69, 9.17) is 5.26 Å². The number of carbonyl (C=O) groups is 2. The molecule has 0 radical (unpaired) electrons. The summed E-state index contributed by atoms with van der Waals surface area (Å²) >= 11 is 0. The first kappa shape index (κ1) is 17.3. The van der Waals surface area contributed by atoms with Crippen molar-refractivity contribution >= 4 is 12.0 Å². The quantitative estimate of drug-likeness (QED) is 0.760. The molecule has 1 aliphatic carbocycles. The molecule has 0 saturated heterocycles. The lowest BCUT2D eigenvalue weighted by molar-refractivity contribution is -0.149. The van der Waals surface area contributed by atoms with Gasteiger partial charge in [0.2, 0.25) is 0 Å². The van der Waals surface area contributed by atoms with Gasteiger partial charge in [-0.15, -0.1) is 0 Å². The summed E-state index contributed by atoms with van der Waals surface area (Å²) in [5, 5.41) is 21.0. The fourth-order valence-corrected chi connectivity index (χ4v) is 2.79. The Balaban J connectivity index is 2.59. The molecule has 1 fully saturated rings. The second-order valence-corrected chi connectivity index (χ2v) is 6.07. The summed E-state index contributed by atoms with van der Waals surface area (Å²) in [6.07, 6.45) is 5.12. The second kappa shape index (κ2) is 7.87. The van der Waals surface area contributed by atoms with Crippen molar-refractivity contribution in [2.75, 3.05) is 20.1 Å². The predicted octanol–water partition coefficient (Wildman–Crippen LogP) is 2.21. The highest BCUT2D eigenvalue weighted by Gasteiger charge is 2.39. The van der Waals surface area contributed by atoms with Gasteiger partial charge < -0.3 is 15.3 Å². The minimum Gasteiger partial charge on any atom is -0.481 e. The third-order valence-electron chi connectivity index (χ3n) is 4.21. The van der Waals surface area contributed by atoms with Gasteiger partial charge in [-0.1, -0.05) is 25.7 Å². The fourth-order valence-electron chi connectivity index (χ4n) is 2.79. The maximum atomic E-state index is 12.0. The number of hydrogen-bond acceptors (Lipinski definition) is 3. The van der Waals surface area contributed by atoms with Gasteiger partial charge in [-0.2, -0.15) is 5.26 Å². The third kappa shape index (κ3) is 4.92. The molecule has 1 saturated carbocycles. The Morgan fingerprint density at radius 2 is 1.90 bits per heavy atom. The van der Waals surface area contributed by atoms with Crippen molar-refractivity contribution in [2.24, 2.45) is 11.3 Å². The summed E-state index contributed by atoms with van der Waals surface area (Å²) in [6, 6.07) is 1.76. The molecule has 1 aliphatic rings. The smallest absolute Gasteiger partial charge is 0.317 e. The molecule has 2 amide bonds. The van der Waals surface area contributed by atoms with E-state index in [2.05, 4.69) is 11.4 Å². The maximum absolute atomic E-state index is 12.0. The highest BCUT2D eigenvalue weighted by molar-refractivity contribution is 5.78. The zero-order valence-corrected chi connectivity index (χ0v) is 12.9. The van der Waals surface area contributed by atoms with Crippen molar-refractivity contribution in [3.05, 3.63) is 0 Å². The zero-order valence-electron chi connectivity index (χ0n) is 12.9. The van der Waals surface area contributed by atoms with E-state index >= 15 is 0 Å². The molecular weight excluding hydrogens is 270 g/mol. The molecule has 0 heterocycles. The van der Waals surface area contributed by atoms with Crippen LogP contribution in [0.2, 0.25) is 0 Å². The first-order chi connectivity index (χ1) is 9.91. The number of aliphatic carboxylic acids is 1. The highest BCUT2D eigenvalue weighted by atomic mass is 16.4. The van der Waals surface area contributed by atoms with E-state index in [0.29, 0.717) is 19.4 Å². The summed E-state index contributed by atoms with van der Waals surface area (Å²) in [6.45, 7) is 2.24. The number of carboxylic acids is 1. The Kier molecular flexibility index (Phi) is 6.47. The molecule has 0 aromatic rings. The number of nitrogens with zero attached hydrogens (tertiary/aromatic N) is 2. The Morgan fingerprint density at radius 1 is 1.33 bits per heavy atom. The Labute approximate surface area is 126 Å².